The Kier molecular flexibility index (Phi) is 5.61. The van der Waals surface area contributed by atoms with Gasteiger partial charge in [-0.05, 0) is 43.6 Å². The fourth-order valence-electron chi connectivity index (χ4n) is 3.16. The third-order valence-electron chi connectivity index (χ3n) is 4.43. The lowest BCUT2D eigenvalue weighted by molar-refractivity contribution is -0.125. The summed E-state index contributed by atoms with van der Waals surface area (Å²) in [4.78, 5) is 12.3. The van der Waals surface area contributed by atoms with Crippen LogP contribution in [0.5, 0.6) is 0 Å². The second kappa shape index (κ2) is 7.24. The number of H-pyrrole nitrogens is 1. The molecule has 1 aliphatic carbocycles. The van der Waals surface area contributed by atoms with Gasteiger partial charge < -0.3 is 15.8 Å². The van der Waals surface area contributed by atoms with E-state index >= 15 is 0 Å². The Balaban J connectivity index is 0.00000161. The molecule has 1 aromatic rings. The van der Waals surface area contributed by atoms with E-state index in [-0.39, 0.29) is 30.3 Å². The third-order valence-corrected chi connectivity index (χ3v) is 4.43. The Morgan fingerprint density at radius 1 is 1.43 bits per heavy atom. The van der Waals surface area contributed by atoms with Gasteiger partial charge in [-0.25, -0.2) is 0 Å². The number of carbonyl (C=O) groups is 1. The number of nitrogens with zero attached hydrogens (tertiary/aromatic N) is 1. The van der Waals surface area contributed by atoms with Crippen molar-refractivity contribution in [2.75, 3.05) is 13.2 Å². The second-order valence-electron chi connectivity index (χ2n) is 5.74. The molecule has 1 aromatic heterocycles. The minimum atomic E-state index is -0.438. The third kappa shape index (κ3) is 3.56. The molecule has 2 heterocycles. The first-order valence-electron chi connectivity index (χ1n) is 7.41. The lowest BCUT2D eigenvalue weighted by Crippen LogP contribution is -2.48. The minimum absolute atomic E-state index is 0. The van der Waals surface area contributed by atoms with Crippen LogP contribution in [0.1, 0.15) is 43.0 Å². The molecular formula is C14H23ClN4O2. The number of aromatic nitrogens is 2. The number of nitrogens with two attached hydrogens (primary N) is 1. The van der Waals surface area contributed by atoms with Crippen LogP contribution in [-0.2, 0) is 16.0 Å². The zero-order valence-corrected chi connectivity index (χ0v) is 12.8. The van der Waals surface area contributed by atoms with Crippen LogP contribution in [0, 0.1) is 5.92 Å². The Bertz CT molecular complexity index is 473. The van der Waals surface area contributed by atoms with Crippen LogP contribution in [-0.4, -0.2) is 35.4 Å². The van der Waals surface area contributed by atoms with Gasteiger partial charge >= 0.3 is 0 Å². The Morgan fingerprint density at radius 3 is 2.95 bits per heavy atom. The summed E-state index contributed by atoms with van der Waals surface area (Å²) in [5.74, 6) is 0.179. The van der Waals surface area contributed by atoms with E-state index in [1.54, 1.807) is 0 Å². The predicted octanol–water partition coefficient (Wildman–Crippen LogP) is 1.08. The fourth-order valence-corrected chi connectivity index (χ4v) is 3.16. The Labute approximate surface area is 130 Å². The molecule has 1 amide bonds. The number of hydrogen-bond donors (Lipinski definition) is 3. The highest BCUT2D eigenvalue weighted by Crippen LogP contribution is 2.28. The van der Waals surface area contributed by atoms with Gasteiger partial charge in [-0.3, -0.25) is 9.89 Å². The maximum atomic E-state index is 12.3. The molecule has 1 aliphatic heterocycles. The minimum Gasteiger partial charge on any atom is -0.381 e. The number of halogens is 1. The normalized spacial score (nSPS) is 23.8. The van der Waals surface area contributed by atoms with Gasteiger partial charge in [-0.1, -0.05) is 0 Å². The molecule has 0 saturated carbocycles. The quantitative estimate of drug-likeness (QED) is 0.778. The van der Waals surface area contributed by atoms with Gasteiger partial charge in [0.2, 0.25) is 5.91 Å². The van der Waals surface area contributed by atoms with E-state index in [0.29, 0.717) is 13.2 Å². The van der Waals surface area contributed by atoms with Gasteiger partial charge in [0.05, 0.1) is 24.0 Å². The molecule has 0 spiro atoms. The standard InChI is InChI=1S/C14H22N4O2.ClH/c15-12(9-4-6-20-7-5-9)14(19)17-11-3-1-2-10-8-16-18-13(10)11;/h8-9,11-12H,1-7,15H2,(H,16,18)(H,17,19);1H. The van der Waals surface area contributed by atoms with Crippen LogP contribution in [0.3, 0.4) is 0 Å². The molecule has 21 heavy (non-hydrogen) atoms. The van der Waals surface area contributed by atoms with Gasteiger partial charge in [-0.15, -0.1) is 12.4 Å². The fraction of sp³-hybridized carbons (Fsp3) is 0.714. The van der Waals surface area contributed by atoms with Crippen molar-refractivity contribution in [3.8, 4) is 0 Å². The van der Waals surface area contributed by atoms with Crippen molar-refractivity contribution >= 4 is 18.3 Å². The molecule has 0 radical (unpaired) electrons. The van der Waals surface area contributed by atoms with E-state index in [4.69, 9.17) is 10.5 Å². The Hall–Kier alpha value is -1.11. The molecule has 4 N–H and O–H groups in total. The summed E-state index contributed by atoms with van der Waals surface area (Å²) < 4.78 is 5.32. The average molecular weight is 315 g/mol. The zero-order valence-electron chi connectivity index (χ0n) is 12.0. The molecule has 0 bridgehead atoms. The summed E-state index contributed by atoms with van der Waals surface area (Å²) in [7, 11) is 0. The van der Waals surface area contributed by atoms with Crippen LogP contribution in [0.2, 0.25) is 0 Å². The van der Waals surface area contributed by atoms with Crippen molar-refractivity contribution in [1.29, 1.82) is 0 Å². The SMILES string of the molecule is Cl.NC(C(=O)NC1CCCc2cn[nH]c21)C1CCOCC1. The van der Waals surface area contributed by atoms with Crippen molar-refractivity contribution in [2.24, 2.45) is 11.7 Å². The molecule has 6 nitrogen and oxygen atoms in total. The number of amides is 1. The summed E-state index contributed by atoms with van der Waals surface area (Å²) in [5.41, 5.74) is 8.37. The molecule has 7 heteroatoms. The smallest absolute Gasteiger partial charge is 0.237 e. The summed E-state index contributed by atoms with van der Waals surface area (Å²) in [6, 6.07) is -0.410. The van der Waals surface area contributed by atoms with Gasteiger partial charge in [-0.2, -0.15) is 5.10 Å². The lowest BCUT2D eigenvalue weighted by Gasteiger charge is -2.29. The second-order valence-corrected chi connectivity index (χ2v) is 5.74. The van der Waals surface area contributed by atoms with E-state index in [2.05, 4.69) is 15.5 Å². The van der Waals surface area contributed by atoms with Gasteiger partial charge in [0.1, 0.15) is 0 Å². The molecule has 0 aromatic carbocycles. The van der Waals surface area contributed by atoms with Crippen molar-refractivity contribution in [2.45, 2.75) is 44.2 Å². The number of fused-ring (bicyclic) bond motifs is 1. The van der Waals surface area contributed by atoms with E-state index in [1.807, 2.05) is 6.20 Å². The maximum absolute atomic E-state index is 12.3. The molecule has 118 valence electrons. The van der Waals surface area contributed by atoms with Crippen molar-refractivity contribution in [1.82, 2.24) is 15.5 Å². The number of ether oxygens (including phenoxy) is 1. The molecule has 3 rings (SSSR count). The van der Waals surface area contributed by atoms with E-state index in [0.717, 1.165) is 37.8 Å². The van der Waals surface area contributed by atoms with Crippen LogP contribution < -0.4 is 11.1 Å². The highest BCUT2D eigenvalue weighted by Gasteiger charge is 2.30. The zero-order chi connectivity index (χ0) is 13.9. The topological polar surface area (TPSA) is 93.0 Å². The van der Waals surface area contributed by atoms with Crippen LogP contribution in [0.15, 0.2) is 6.20 Å². The van der Waals surface area contributed by atoms with Crippen molar-refractivity contribution in [3.63, 3.8) is 0 Å². The van der Waals surface area contributed by atoms with Gasteiger partial charge in [0.15, 0.2) is 0 Å². The number of carbonyl (C=O) groups excluding carboxylic acids is 1. The number of hydrogen-bond acceptors (Lipinski definition) is 4. The van der Waals surface area contributed by atoms with Gasteiger partial charge in [0.25, 0.3) is 0 Å². The maximum Gasteiger partial charge on any atom is 0.237 e. The first-order chi connectivity index (χ1) is 9.75. The van der Waals surface area contributed by atoms with Crippen LogP contribution in [0.25, 0.3) is 0 Å². The van der Waals surface area contributed by atoms with Gasteiger partial charge in [0, 0.05) is 13.2 Å². The number of rotatable bonds is 3. The molecule has 2 aliphatic rings. The van der Waals surface area contributed by atoms with E-state index in [1.165, 1.54) is 5.56 Å². The molecule has 2 unspecified atom stereocenters. The van der Waals surface area contributed by atoms with Crippen molar-refractivity contribution in [3.05, 3.63) is 17.5 Å². The number of nitrogens with one attached hydrogen (secondary N) is 2. The monoisotopic (exact) mass is 314 g/mol. The Morgan fingerprint density at radius 2 is 2.19 bits per heavy atom. The molecule has 2 atom stereocenters. The van der Waals surface area contributed by atoms with Crippen LogP contribution >= 0.6 is 12.4 Å². The van der Waals surface area contributed by atoms with Crippen LogP contribution in [0.4, 0.5) is 0 Å². The largest absolute Gasteiger partial charge is 0.381 e. The highest BCUT2D eigenvalue weighted by molar-refractivity contribution is 5.85. The first kappa shape index (κ1) is 16.3. The predicted molar refractivity (Wildman–Crippen MR) is 81.2 cm³/mol. The average Bonchev–Trinajstić information content (AvgIpc) is 2.97. The highest BCUT2D eigenvalue weighted by atomic mass is 35.5. The molecule has 1 saturated heterocycles. The summed E-state index contributed by atoms with van der Waals surface area (Å²) in [6.45, 7) is 1.42. The number of aryl methyl sites for hydroxylation is 1. The number of aromatic amines is 1. The molecular weight excluding hydrogens is 292 g/mol. The molecule has 1 fully saturated rings. The first-order valence-corrected chi connectivity index (χ1v) is 7.41. The summed E-state index contributed by atoms with van der Waals surface area (Å²) in [5, 5.41) is 10.2. The summed E-state index contributed by atoms with van der Waals surface area (Å²) in [6.07, 6.45) is 6.64. The summed E-state index contributed by atoms with van der Waals surface area (Å²) >= 11 is 0. The lowest BCUT2D eigenvalue weighted by atomic mass is 9.90. The van der Waals surface area contributed by atoms with Crippen molar-refractivity contribution < 1.29 is 9.53 Å². The van der Waals surface area contributed by atoms with E-state index in [9.17, 15) is 4.79 Å². The van der Waals surface area contributed by atoms with E-state index < -0.39 is 6.04 Å².